The van der Waals surface area contributed by atoms with Crippen molar-refractivity contribution in [1.82, 2.24) is 4.57 Å². The van der Waals surface area contributed by atoms with Crippen LogP contribution in [0.2, 0.25) is 0 Å². The summed E-state index contributed by atoms with van der Waals surface area (Å²) in [5, 5.41) is 4.73. The van der Waals surface area contributed by atoms with Crippen LogP contribution in [-0.2, 0) is 4.74 Å². The molecule has 3 aromatic rings. The first kappa shape index (κ1) is 16.8. The molecule has 0 unspecified atom stereocenters. The summed E-state index contributed by atoms with van der Waals surface area (Å²) in [5.74, 6) is 1.15. The second-order valence-corrected chi connectivity index (χ2v) is 6.09. The van der Waals surface area contributed by atoms with Gasteiger partial charge in [-0.2, -0.15) is 0 Å². The van der Waals surface area contributed by atoms with E-state index < -0.39 is 0 Å². The highest BCUT2D eigenvalue weighted by molar-refractivity contribution is 6.04. The highest BCUT2D eigenvalue weighted by Crippen LogP contribution is 2.17. The van der Waals surface area contributed by atoms with E-state index in [0.717, 1.165) is 16.7 Å². The normalized spacial score (nSPS) is 12.7. The van der Waals surface area contributed by atoms with Crippen molar-refractivity contribution in [3.8, 4) is 5.69 Å². The van der Waals surface area contributed by atoms with E-state index in [1.807, 2.05) is 71.3 Å². The highest BCUT2D eigenvalue weighted by atomic mass is 16.5. The number of para-hydroxylation sites is 2. The predicted molar refractivity (Wildman–Crippen MR) is 109 cm³/mol. The zero-order valence-corrected chi connectivity index (χ0v) is 14.9. The standard InChI is InChI=1S/C22H19N3O2/c1-27-22-14-18-19(12-13-23-22)25(17-10-6-3-7-11-17)21(15-20(18)26)24-16-8-4-2-5-9-16/h2-12,14-15,24H,13H2,1H3. The van der Waals surface area contributed by atoms with Gasteiger partial charge in [-0.1, -0.05) is 36.4 Å². The Morgan fingerprint density at radius 2 is 1.74 bits per heavy atom. The van der Waals surface area contributed by atoms with Gasteiger partial charge in [0.15, 0.2) is 5.43 Å². The van der Waals surface area contributed by atoms with Gasteiger partial charge in [-0.05, 0) is 30.3 Å². The van der Waals surface area contributed by atoms with Crippen molar-refractivity contribution in [3.63, 3.8) is 0 Å². The molecule has 4 rings (SSSR count). The van der Waals surface area contributed by atoms with Gasteiger partial charge in [-0.15, -0.1) is 0 Å². The van der Waals surface area contributed by atoms with E-state index in [-0.39, 0.29) is 5.43 Å². The van der Waals surface area contributed by atoms with Crippen LogP contribution in [0.5, 0.6) is 0 Å². The first-order chi connectivity index (χ1) is 13.3. The van der Waals surface area contributed by atoms with Crippen LogP contribution in [0.25, 0.3) is 17.8 Å². The summed E-state index contributed by atoms with van der Waals surface area (Å²) >= 11 is 0. The van der Waals surface area contributed by atoms with Crippen LogP contribution in [0, 0.1) is 0 Å². The minimum absolute atomic E-state index is 0.0847. The van der Waals surface area contributed by atoms with Crippen molar-refractivity contribution < 1.29 is 4.74 Å². The number of pyridine rings is 1. The van der Waals surface area contributed by atoms with Crippen LogP contribution >= 0.6 is 0 Å². The number of hydrogen-bond donors (Lipinski definition) is 1. The summed E-state index contributed by atoms with van der Waals surface area (Å²) < 4.78 is 7.30. The van der Waals surface area contributed by atoms with Gasteiger partial charge in [0.05, 0.1) is 24.2 Å². The molecule has 27 heavy (non-hydrogen) atoms. The molecule has 1 aliphatic heterocycles. The van der Waals surface area contributed by atoms with Crippen LogP contribution in [0.4, 0.5) is 11.5 Å². The molecule has 0 atom stereocenters. The summed E-state index contributed by atoms with van der Waals surface area (Å²) in [6.07, 6.45) is 3.65. The number of aliphatic imine (C=N–C) groups is 1. The van der Waals surface area contributed by atoms with E-state index in [1.54, 1.807) is 19.3 Å². The molecule has 1 aromatic heterocycles. The smallest absolute Gasteiger partial charge is 0.209 e. The van der Waals surface area contributed by atoms with Gasteiger partial charge in [0.2, 0.25) is 5.90 Å². The molecule has 2 aromatic carbocycles. The van der Waals surface area contributed by atoms with Gasteiger partial charge < -0.3 is 10.1 Å². The molecule has 1 aliphatic rings. The van der Waals surface area contributed by atoms with E-state index >= 15 is 0 Å². The maximum atomic E-state index is 12.9. The lowest BCUT2D eigenvalue weighted by Crippen LogP contribution is -2.45. The summed E-state index contributed by atoms with van der Waals surface area (Å²) in [7, 11) is 1.56. The minimum Gasteiger partial charge on any atom is -0.481 e. The first-order valence-electron chi connectivity index (χ1n) is 8.70. The van der Waals surface area contributed by atoms with Crippen molar-refractivity contribution >= 4 is 29.6 Å². The number of hydrogen-bond acceptors (Lipinski definition) is 4. The molecular weight excluding hydrogens is 338 g/mol. The summed E-state index contributed by atoms with van der Waals surface area (Å²) in [5.41, 5.74) is 1.78. The topological polar surface area (TPSA) is 55.6 Å². The monoisotopic (exact) mass is 357 g/mol. The lowest BCUT2D eigenvalue weighted by Gasteiger charge is -2.17. The molecule has 0 saturated carbocycles. The zero-order valence-electron chi connectivity index (χ0n) is 14.9. The van der Waals surface area contributed by atoms with E-state index in [4.69, 9.17) is 4.74 Å². The van der Waals surface area contributed by atoms with E-state index in [2.05, 4.69) is 10.3 Å². The predicted octanol–water partition coefficient (Wildman–Crippen LogP) is 2.20. The number of nitrogens with one attached hydrogen (secondary N) is 1. The zero-order chi connectivity index (χ0) is 18.6. The third kappa shape index (κ3) is 3.40. The number of anilines is 2. The molecule has 5 nitrogen and oxygen atoms in total. The Kier molecular flexibility index (Phi) is 4.58. The summed E-state index contributed by atoms with van der Waals surface area (Å²) in [4.78, 5) is 17.2. The minimum atomic E-state index is -0.0847. The van der Waals surface area contributed by atoms with Crippen molar-refractivity contribution in [3.05, 3.63) is 87.5 Å². The number of fused-ring (bicyclic) bond motifs is 1. The van der Waals surface area contributed by atoms with Gasteiger partial charge >= 0.3 is 0 Å². The maximum Gasteiger partial charge on any atom is 0.209 e. The quantitative estimate of drug-likeness (QED) is 0.782. The van der Waals surface area contributed by atoms with Gasteiger partial charge in [0, 0.05) is 23.5 Å². The van der Waals surface area contributed by atoms with Crippen molar-refractivity contribution in [1.29, 1.82) is 0 Å². The van der Waals surface area contributed by atoms with Gasteiger partial charge in [-0.25, -0.2) is 4.99 Å². The fourth-order valence-corrected chi connectivity index (χ4v) is 3.12. The molecule has 2 heterocycles. The molecule has 134 valence electrons. The number of rotatable bonds is 3. The number of nitrogens with zero attached hydrogens (tertiary/aromatic N) is 2. The number of benzene rings is 2. The first-order valence-corrected chi connectivity index (χ1v) is 8.70. The van der Waals surface area contributed by atoms with Gasteiger partial charge in [0.25, 0.3) is 0 Å². The molecule has 0 aliphatic carbocycles. The van der Waals surface area contributed by atoms with Gasteiger partial charge in [0.1, 0.15) is 5.82 Å². The third-order valence-electron chi connectivity index (χ3n) is 4.36. The Bertz CT molecular complexity index is 1160. The maximum absolute atomic E-state index is 12.9. The molecule has 0 saturated heterocycles. The molecule has 0 bridgehead atoms. The molecule has 0 amide bonds. The number of ether oxygens (including phenoxy) is 1. The average molecular weight is 357 g/mol. The number of methoxy groups -OCH3 is 1. The third-order valence-corrected chi connectivity index (χ3v) is 4.36. The summed E-state index contributed by atoms with van der Waals surface area (Å²) in [6, 6.07) is 21.4. The SMILES string of the molecule is COC1=NCC=c2c(c(=O)cc(Nc3ccccc3)n2-c2ccccc2)=C1. The summed E-state index contributed by atoms with van der Waals surface area (Å²) in [6.45, 7) is 0.438. The Morgan fingerprint density at radius 1 is 1.04 bits per heavy atom. The van der Waals surface area contributed by atoms with Crippen LogP contribution in [0.3, 0.4) is 0 Å². The Morgan fingerprint density at radius 3 is 2.44 bits per heavy atom. The lowest BCUT2D eigenvalue weighted by atomic mass is 10.2. The van der Waals surface area contributed by atoms with Gasteiger partial charge in [-0.3, -0.25) is 9.36 Å². The van der Waals surface area contributed by atoms with Crippen LogP contribution < -0.4 is 21.3 Å². The highest BCUT2D eigenvalue weighted by Gasteiger charge is 2.11. The molecule has 5 heteroatoms. The number of aromatic nitrogens is 1. The van der Waals surface area contributed by atoms with Crippen LogP contribution in [0.1, 0.15) is 0 Å². The molecule has 0 radical (unpaired) electrons. The van der Waals surface area contributed by atoms with E-state index in [0.29, 0.717) is 23.5 Å². The second kappa shape index (κ2) is 7.33. The molecular formula is C22H19N3O2. The molecule has 1 N–H and O–H groups in total. The molecule has 0 fully saturated rings. The van der Waals surface area contributed by atoms with Crippen LogP contribution in [0.15, 0.2) is 76.5 Å². The van der Waals surface area contributed by atoms with Crippen molar-refractivity contribution in [2.24, 2.45) is 4.99 Å². The fraction of sp³-hybridized carbons (Fsp3) is 0.0909. The largest absolute Gasteiger partial charge is 0.481 e. The Balaban J connectivity index is 2.01. The fourth-order valence-electron chi connectivity index (χ4n) is 3.12. The average Bonchev–Trinajstić information content (AvgIpc) is 2.93. The van der Waals surface area contributed by atoms with Crippen LogP contribution in [-0.4, -0.2) is 24.1 Å². The van der Waals surface area contributed by atoms with E-state index in [1.165, 1.54) is 0 Å². The Hall–Kier alpha value is -3.60. The van der Waals surface area contributed by atoms with Crippen molar-refractivity contribution in [2.45, 2.75) is 0 Å². The molecule has 0 spiro atoms. The van der Waals surface area contributed by atoms with Crippen molar-refractivity contribution in [2.75, 3.05) is 19.0 Å². The lowest BCUT2D eigenvalue weighted by molar-refractivity contribution is 0.409. The van der Waals surface area contributed by atoms with E-state index in [9.17, 15) is 4.79 Å². The Labute approximate surface area is 156 Å². The second-order valence-electron chi connectivity index (χ2n) is 6.09.